The lowest BCUT2D eigenvalue weighted by molar-refractivity contribution is 0.387. The number of nitrogens with one attached hydrogen (secondary N) is 1. The number of methoxy groups -OCH3 is 2. The molecule has 3 N–H and O–H groups in total. The van der Waals surface area contributed by atoms with E-state index in [0.717, 1.165) is 28.4 Å². The van der Waals surface area contributed by atoms with Gasteiger partial charge in [0.15, 0.2) is 0 Å². The average molecular weight is 276 g/mol. The maximum absolute atomic E-state index is 5.73. The summed E-state index contributed by atoms with van der Waals surface area (Å²) in [5.41, 5.74) is 4.74. The lowest BCUT2D eigenvalue weighted by atomic mass is 9.98. The van der Waals surface area contributed by atoms with Crippen LogP contribution in [0, 0.1) is 13.8 Å². The van der Waals surface area contributed by atoms with Gasteiger partial charge in [-0.05, 0) is 32.0 Å². The summed E-state index contributed by atoms with van der Waals surface area (Å²) in [6.45, 7) is 3.83. The van der Waals surface area contributed by atoms with Gasteiger partial charge in [-0.3, -0.25) is 5.84 Å². The fourth-order valence-corrected chi connectivity index (χ4v) is 2.34. The van der Waals surface area contributed by atoms with Crippen LogP contribution in [0.2, 0.25) is 0 Å². The van der Waals surface area contributed by atoms with Crippen molar-refractivity contribution in [2.45, 2.75) is 19.9 Å². The molecule has 1 atom stereocenters. The minimum atomic E-state index is -0.201. The van der Waals surface area contributed by atoms with E-state index < -0.39 is 0 Å². The van der Waals surface area contributed by atoms with E-state index in [0.29, 0.717) is 5.75 Å². The maximum Gasteiger partial charge on any atom is 0.127 e. The first-order chi connectivity index (χ1) is 9.60. The third kappa shape index (κ3) is 2.64. The summed E-state index contributed by atoms with van der Waals surface area (Å²) in [5, 5.41) is 0. The lowest BCUT2D eigenvalue weighted by Gasteiger charge is -2.19. The highest BCUT2D eigenvalue weighted by Crippen LogP contribution is 2.34. The monoisotopic (exact) mass is 276 g/mol. The minimum Gasteiger partial charge on any atom is -0.497 e. The summed E-state index contributed by atoms with van der Waals surface area (Å²) in [5.74, 6) is 8.87. The van der Waals surface area contributed by atoms with Crippen molar-refractivity contribution in [3.8, 4) is 11.5 Å². The minimum absolute atomic E-state index is 0.201. The molecule has 5 heteroatoms. The number of benzene rings is 1. The van der Waals surface area contributed by atoms with Crippen LogP contribution in [0.25, 0.3) is 0 Å². The van der Waals surface area contributed by atoms with Gasteiger partial charge in [-0.1, -0.05) is 0 Å². The van der Waals surface area contributed by atoms with Crippen LogP contribution in [-0.4, -0.2) is 14.2 Å². The molecule has 0 saturated heterocycles. The van der Waals surface area contributed by atoms with Crippen LogP contribution >= 0.6 is 0 Å². The van der Waals surface area contributed by atoms with Crippen LogP contribution in [0.1, 0.15) is 28.7 Å². The zero-order valence-corrected chi connectivity index (χ0v) is 12.2. The highest BCUT2D eigenvalue weighted by atomic mass is 16.5. The zero-order valence-electron chi connectivity index (χ0n) is 12.2. The Labute approximate surface area is 118 Å². The smallest absolute Gasteiger partial charge is 0.127 e. The molecule has 108 valence electrons. The summed E-state index contributed by atoms with van der Waals surface area (Å²) >= 11 is 0. The first-order valence-corrected chi connectivity index (χ1v) is 6.35. The predicted octanol–water partition coefficient (Wildman–Crippen LogP) is 2.47. The number of hydrogen-bond donors (Lipinski definition) is 2. The van der Waals surface area contributed by atoms with E-state index in [1.54, 1.807) is 14.2 Å². The summed E-state index contributed by atoms with van der Waals surface area (Å²) < 4.78 is 16.2. The number of furan rings is 1. The second-order valence-electron chi connectivity index (χ2n) is 4.58. The first-order valence-electron chi connectivity index (χ1n) is 6.35. The largest absolute Gasteiger partial charge is 0.497 e. The van der Waals surface area contributed by atoms with Gasteiger partial charge in [0.05, 0.1) is 20.3 Å². The summed E-state index contributed by atoms with van der Waals surface area (Å²) in [6, 6.07) is 7.42. The molecule has 0 fully saturated rings. The first kappa shape index (κ1) is 14.4. The van der Waals surface area contributed by atoms with Gasteiger partial charge in [-0.25, -0.2) is 5.43 Å². The van der Waals surface area contributed by atoms with E-state index >= 15 is 0 Å². The van der Waals surface area contributed by atoms with Gasteiger partial charge in [0.25, 0.3) is 0 Å². The van der Waals surface area contributed by atoms with Gasteiger partial charge in [-0.15, -0.1) is 0 Å². The van der Waals surface area contributed by atoms with Crippen LogP contribution in [0.15, 0.2) is 28.7 Å². The van der Waals surface area contributed by atoms with Crippen molar-refractivity contribution in [2.75, 3.05) is 14.2 Å². The highest BCUT2D eigenvalue weighted by Gasteiger charge is 2.21. The molecule has 0 radical (unpaired) electrons. The number of rotatable bonds is 5. The van der Waals surface area contributed by atoms with Gasteiger partial charge < -0.3 is 13.9 Å². The molecule has 0 spiro atoms. The fourth-order valence-electron chi connectivity index (χ4n) is 2.34. The molecule has 5 nitrogen and oxygen atoms in total. The molecule has 0 aliphatic carbocycles. The average Bonchev–Trinajstić information content (AvgIpc) is 2.79. The zero-order chi connectivity index (χ0) is 14.7. The van der Waals surface area contributed by atoms with Crippen LogP contribution in [0.5, 0.6) is 11.5 Å². The van der Waals surface area contributed by atoms with Gasteiger partial charge >= 0.3 is 0 Å². The molecule has 0 aliphatic heterocycles. The molecule has 0 saturated carbocycles. The number of hydrazine groups is 1. The van der Waals surface area contributed by atoms with Crippen molar-refractivity contribution in [3.63, 3.8) is 0 Å². The van der Waals surface area contributed by atoms with Crippen molar-refractivity contribution in [3.05, 3.63) is 46.9 Å². The Morgan fingerprint density at radius 1 is 1.10 bits per heavy atom. The maximum atomic E-state index is 5.73. The third-order valence-electron chi connectivity index (χ3n) is 3.31. The summed E-state index contributed by atoms with van der Waals surface area (Å²) in [7, 11) is 3.25. The van der Waals surface area contributed by atoms with Crippen LogP contribution in [0.4, 0.5) is 0 Å². The molecule has 0 aliphatic rings. The van der Waals surface area contributed by atoms with Gasteiger partial charge in [0.2, 0.25) is 0 Å². The summed E-state index contributed by atoms with van der Waals surface area (Å²) in [6.07, 6.45) is 0. The van der Waals surface area contributed by atoms with E-state index in [1.807, 2.05) is 38.1 Å². The summed E-state index contributed by atoms with van der Waals surface area (Å²) in [4.78, 5) is 0. The third-order valence-corrected chi connectivity index (χ3v) is 3.31. The van der Waals surface area contributed by atoms with Crippen molar-refractivity contribution < 1.29 is 13.9 Å². The fraction of sp³-hybridized carbons (Fsp3) is 0.333. The van der Waals surface area contributed by atoms with Crippen molar-refractivity contribution in [1.82, 2.24) is 5.43 Å². The molecular weight excluding hydrogens is 256 g/mol. The van der Waals surface area contributed by atoms with Gasteiger partial charge in [-0.2, -0.15) is 0 Å². The Morgan fingerprint density at radius 3 is 2.35 bits per heavy atom. The molecule has 0 amide bonds. The number of hydrogen-bond acceptors (Lipinski definition) is 5. The highest BCUT2D eigenvalue weighted by molar-refractivity contribution is 5.46. The Balaban J connectivity index is 2.49. The molecular formula is C15H20N2O3. The number of aryl methyl sites for hydroxylation is 2. The van der Waals surface area contributed by atoms with Gasteiger partial charge in [0.1, 0.15) is 23.0 Å². The van der Waals surface area contributed by atoms with E-state index in [-0.39, 0.29) is 6.04 Å². The second kappa shape index (κ2) is 5.98. The molecule has 2 rings (SSSR count). The van der Waals surface area contributed by atoms with Crippen molar-refractivity contribution in [1.29, 1.82) is 0 Å². The Bertz CT molecular complexity index is 593. The van der Waals surface area contributed by atoms with E-state index in [4.69, 9.17) is 19.7 Å². The lowest BCUT2D eigenvalue weighted by Crippen LogP contribution is -2.29. The topological polar surface area (TPSA) is 69.7 Å². The van der Waals surface area contributed by atoms with Crippen molar-refractivity contribution >= 4 is 0 Å². The SMILES string of the molecule is COc1ccc(C(NN)c2cc(C)oc2C)c(OC)c1. The molecule has 2 aromatic rings. The predicted molar refractivity (Wildman–Crippen MR) is 76.9 cm³/mol. The Kier molecular flexibility index (Phi) is 4.32. The van der Waals surface area contributed by atoms with E-state index in [2.05, 4.69) is 5.43 Å². The Morgan fingerprint density at radius 2 is 1.85 bits per heavy atom. The number of ether oxygens (including phenoxy) is 2. The molecule has 1 aromatic carbocycles. The van der Waals surface area contributed by atoms with Gasteiger partial charge in [0, 0.05) is 17.2 Å². The standard InChI is InChI=1S/C15H20N2O3/c1-9-7-13(10(2)20-9)15(17-16)12-6-5-11(18-3)8-14(12)19-4/h5-8,15,17H,16H2,1-4H3. The van der Waals surface area contributed by atoms with Crippen LogP contribution in [0.3, 0.4) is 0 Å². The van der Waals surface area contributed by atoms with E-state index in [9.17, 15) is 0 Å². The molecule has 0 bridgehead atoms. The van der Waals surface area contributed by atoms with E-state index in [1.165, 1.54) is 0 Å². The van der Waals surface area contributed by atoms with Crippen LogP contribution in [-0.2, 0) is 0 Å². The number of nitrogens with two attached hydrogens (primary N) is 1. The normalized spacial score (nSPS) is 12.2. The van der Waals surface area contributed by atoms with Crippen molar-refractivity contribution in [2.24, 2.45) is 5.84 Å². The Hall–Kier alpha value is -1.98. The molecule has 1 heterocycles. The quantitative estimate of drug-likeness (QED) is 0.648. The second-order valence-corrected chi connectivity index (χ2v) is 4.58. The molecule has 1 aromatic heterocycles. The molecule has 1 unspecified atom stereocenters. The molecule has 20 heavy (non-hydrogen) atoms. The van der Waals surface area contributed by atoms with Crippen LogP contribution < -0.4 is 20.7 Å².